The Morgan fingerprint density at radius 2 is 1.77 bits per heavy atom. The smallest absolute Gasteiger partial charge is 0.245 e. The molecule has 4 rings (SSSR count). The van der Waals surface area contributed by atoms with Crippen molar-refractivity contribution in [2.45, 2.75) is 13.3 Å². The molecule has 0 aliphatic rings. The molecule has 2 N–H and O–H groups in total. The molecule has 1 aromatic heterocycles. The van der Waals surface area contributed by atoms with Crippen LogP contribution in [0.25, 0.3) is 22.0 Å². The lowest BCUT2D eigenvalue weighted by Gasteiger charge is -2.17. The lowest BCUT2D eigenvalue weighted by Crippen LogP contribution is -2.22. The van der Waals surface area contributed by atoms with Crippen molar-refractivity contribution in [3.63, 3.8) is 0 Å². The molecule has 0 atom stereocenters. The first-order valence-electron chi connectivity index (χ1n) is 12.9. The molecular formula is C31H31F3N4O2. The van der Waals surface area contributed by atoms with Crippen molar-refractivity contribution in [1.29, 1.82) is 0 Å². The normalized spacial score (nSPS) is 12.2. The summed E-state index contributed by atoms with van der Waals surface area (Å²) in [5.41, 5.74) is 3.54. The number of aromatic nitrogens is 2. The van der Waals surface area contributed by atoms with Crippen LogP contribution in [-0.4, -0.2) is 54.8 Å². The van der Waals surface area contributed by atoms with E-state index in [0.717, 1.165) is 11.6 Å². The minimum Gasteiger partial charge on any atom is -0.492 e. The van der Waals surface area contributed by atoms with Crippen molar-refractivity contribution < 1.29 is 22.7 Å². The van der Waals surface area contributed by atoms with E-state index < -0.39 is 17.6 Å². The molecule has 0 aliphatic carbocycles. The molecule has 0 saturated heterocycles. The third kappa shape index (κ3) is 6.79. The number of carbonyl (C=O) groups is 1. The van der Waals surface area contributed by atoms with Gasteiger partial charge in [-0.15, -0.1) is 0 Å². The number of ether oxygens (including phenoxy) is 1. The molecule has 40 heavy (non-hydrogen) atoms. The minimum atomic E-state index is -0.668. The van der Waals surface area contributed by atoms with Crippen molar-refractivity contribution in [3.05, 3.63) is 107 Å². The van der Waals surface area contributed by atoms with Gasteiger partial charge in [-0.25, -0.2) is 8.78 Å². The largest absolute Gasteiger partial charge is 0.492 e. The topological polar surface area (TPSA) is 70.2 Å². The van der Waals surface area contributed by atoms with Crippen LogP contribution in [0.1, 0.15) is 30.0 Å². The minimum absolute atomic E-state index is 0.0743. The van der Waals surface area contributed by atoms with Gasteiger partial charge < -0.3 is 15.0 Å². The monoisotopic (exact) mass is 548 g/mol. The van der Waals surface area contributed by atoms with Crippen LogP contribution in [0.4, 0.5) is 13.2 Å². The summed E-state index contributed by atoms with van der Waals surface area (Å²) in [6, 6.07) is 16.1. The Labute approximate surface area is 231 Å². The Morgan fingerprint density at radius 3 is 2.48 bits per heavy atom. The van der Waals surface area contributed by atoms with Gasteiger partial charge in [-0.05, 0) is 65.1 Å². The molecular weight excluding hydrogens is 517 g/mol. The quantitative estimate of drug-likeness (QED) is 0.138. The van der Waals surface area contributed by atoms with Crippen LogP contribution in [0, 0.1) is 17.6 Å². The van der Waals surface area contributed by atoms with Crippen molar-refractivity contribution in [3.8, 4) is 5.75 Å². The standard InChI is InChI=1S/C31H31F3N4O2/c1-4-24(25-13-10-22(32)19-27(25)33)30(21-9-14-28-26(18-21)31(34)37-36-28)20-7-11-23(12-8-20)40-17-16-35-15-5-6-29(39)38(2)3/h5-14,18-19,35H,4,15-17H2,1-3H3,(H,36,37)/b6-5+,30-24+. The van der Waals surface area contributed by atoms with Gasteiger partial charge in [0.15, 0.2) is 0 Å². The maximum Gasteiger partial charge on any atom is 0.245 e. The number of H-pyrrole nitrogens is 1. The summed E-state index contributed by atoms with van der Waals surface area (Å²) < 4.78 is 48.8. The van der Waals surface area contributed by atoms with Crippen LogP contribution < -0.4 is 10.1 Å². The third-order valence-electron chi connectivity index (χ3n) is 6.36. The molecule has 0 spiro atoms. The van der Waals surface area contributed by atoms with E-state index in [0.29, 0.717) is 59.5 Å². The van der Waals surface area contributed by atoms with Crippen molar-refractivity contribution in [2.24, 2.45) is 0 Å². The SMILES string of the molecule is CC/C(=C(/c1ccc(OCCNC/C=C/C(=O)N(C)C)cc1)c1ccc2n[nH]c(F)c2c1)c1ccc(F)cc1F. The highest BCUT2D eigenvalue weighted by molar-refractivity contribution is 6.00. The molecule has 0 unspecified atom stereocenters. The lowest BCUT2D eigenvalue weighted by atomic mass is 9.87. The first-order valence-corrected chi connectivity index (χ1v) is 12.9. The molecule has 1 heterocycles. The number of nitrogens with zero attached hydrogens (tertiary/aromatic N) is 2. The Balaban J connectivity index is 1.58. The Morgan fingerprint density at radius 1 is 1.02 bits per heavy atom. The number of rotatable bonds is 11. The maximum absolute atomic E-state index is 14.9. The van der Waals surface area contributed by atoms with E-state index in [2.05, 4.69) is 15.5 Å². The number of hydrogen-bond donors (Lipinski definition) is 2. The van der Waals surface area contributed by atoms with Gasteiger partial charge in [0.2, 0.25) is 11.9 Å². The fraction of sp³-hybridized carbons (Fsp3) is 0.226. The predicted molar refractivity (Wildman–Crippen MR) is 151 cm³/mol. The summed E-state index contributed by atoms with van der Waals surface area (Å²) in [4.78, 5) is 13.0. The number of allylic oxidation sites excluding steroid dienone is 1. The highest BCUT2D eigenvalue weighted by atomic mass is 19.1. The molecule has 208 valence electrons. The van der Waals surface area contributed by atoms with Gasteiger partial charge in [-0.1, -0.05) is 31.2 Å². The van der Waals surface area contributed by atoms with Crippen molar-refractivity contribution in [2.75, 3.05) is 33.8 Å². The lowest BCUT2D eigenvalue weighted by molar-refractivity contribution is -0.123. The highest BCUT2D eigenvalue weighted by Gasteiger charge is 2.18. The van der Waals surface area contributed by atoms with E-state index in [9.17, 15) is 18.0 Å². The summed E-state index contributed by atoms with van der Waals surface area (Å²) in [6.07, 6.45) is 3.72. The van der Waals surface area contributed by atoms with Gasteiger partial charge in [0, 0.05) is 44.9 Å². The van der Waals surface area contributed by atoms with Crippen LogP contribution in [0.15, 0.2) is 72.8 Å². The summed E-state index contributed by atoms with van der Waals surface area (Å²) >= 11 is 0. The summed E-state index contributed by atoms with van der Waals surface area (Å²) in [6.45, 7) is 3.42. The van der Waals surface area contributed by atoms with Crippen LogP contribution in [0.3, 0.4) is 0 Å². The number of likely N-dealkylation sites (N-methyl/N-ethyl adjacent to an activating group) is 1. The fourth-order valence-corrected chi connectivity index (χ4v) is 4.34. The van der Waals surface area contributed by atoms with Crippen LogP contribution in [-0.2, 0) is 4.79 Å². The number of aromatic amines is 1. The zero-order chi connectivity index (χ0) is 28.6. The molecule has 0 bridgehead atoms. The molecule has 9 heteroatoms. The number of hydrogen-bond acceptors (Lipinski definition) is 4. The summed E-state index contributed by atoms with van der Waals surface area (Å²) in [7, 11) is 3.39. The van der Waals surface area contributed by atoms with Gasteiger partial charge in [-0.2, -0.15) is 9.49 Å². The summed E-state index contributed by atoms with van der Waals surface area (Å²) in [5, 5.41) is 9.80. The molecule has 1 amide bonds. The molecule has 0 radical (unpaired) electrons. The number of benzene rings is 3. The number of amides is 1. The second-order valence-electron chi connectivity index (χ2n) is 9.31. The van der Waals surface area contributed by atoms with Crippen molar-refractivity contribution in [1.82, 2.24) is 20.4 Å². The average Bonchev–Trinajstić information content (AvgIpc) is 3.31. The average molecular weight is 549 g/mol. The third-order valence-corrected chi connectivity index (χ3v) is 6.36. The first kappa shape index (κ1) is 28.6. The van der Waals surface area contributed by atoms with Gasteiger partial charge in [-0.3, -0.25) is 9.89 Å². The van der Waals surface area contributed by atoms with E-state index in [1.165, 1.54) is 23.1 Å². The van der Waals surface area contributed by atoms with Crippen LogP contribution in [0.2, 0.25) is 0 Å². The van der Waals surface area contributed by atoms with Gasteiger partial charge in [0.25, 0.3) is 0 Å². The van der Waals surface area contributed by atoms with E-state index in [4.69, 9.17) is 4.74 Å². The Bertz CT molecular complexity index is 1540. The van der Waals surface area contributed by atoms with E-state index in [1.807, 2.05) is 37.3 Å². The van der Waals surface area contributed by atoms with E-state index in [1.54, 1.807) is 32.3 Å². The molecule has 6 nitrogen and oxygen atoms in total. The van der Waals surface area contributed by atoms with E-state index >= 15 is 0 Å². The number of fused-ring (bicyclic) bond motifs is 1. The summed E-state index contributed by atoms with van der Waals surface area (Å²) in [5.74, 6) is -1.31. The molecule has 0 aliphatic heterocycles. The predicted octanol–water partition coefficient (Wildman–Crippen LogP) is 5.96. The zero-order valence-corrected chi connectivity index (χ0v) is 22.6. The Hall–Kier alpha value is -4.37. The number of carbonyl (C=O) groups excluding carboxylic acids is 1. The van der Waals surface area contributed by atoms with Crippen molar-refractivity contribution >= 4 is 28.0 Å². The first-order chi connectivity index (χ1) is 19.3. The molecule has 0 fully saturated rings. The zero-order valence-electron chi connectivity index (χ0n) is 22.6. The van der Waals surface area contributed by atoms with Gasteiger partial charge in [0.1, 0.15) is 24.0 Å². The Kier molecular flexibility index (Phi) is 9.39. The van der Waals surface area contributed by atoms with Gasteiger partial charge >= 0.3 is 0 Å². The van der Waals surface area contributed by atoms with Crippen LogP contribution >= 0.6 is 0 Å². The number of nitrogens with one attached hydrogen (secondary N) is 2. The van der Waals surface area contributed by atoms with Gasteiger partial charge in [0.05, 0.1) is 10.9 Å². The molecule has 4 aromatic rings. The second kappa shape index (κ2) is 13.1. The molecule has 3 aromatic carbocycles. The molecule has 0 saturated carbocycles. The van der Waals surface area contributed by atoms with E-state index in [-0.39, 0.29) is 11.5 Å². The fourth-order valence-electron chi connectivity index (χ4n) is 4.34. The second-order valence-corrected chi connectivity index (χ2v) is 9.31. The highest BCUT2D eigenvalue weighted by Crippen LogP contribution is 2.37. The maximum atomic E-state index is 14.9. The van der Waals surface area contributed by atoms with Crippen LogP contribution in [0.5, 0.6) is 5.75 Å². The number of halogens is 3.